The van der Waals surface area contributed by atoms with E-state index in [-0.39, 0.29) is 11.3 Å². The second-order valence-corrected chi connectivity index (χ2v) is 8.42. The fourth-order valence-corrected chi connectivity index (χ4v) is 3.77. The van der Waals surface area contributed by atoms with Crippen LogP contribution in [0.15, 0.2) is 84.0 Å². The molecule has 3 N–H and O–H groups in total. The number of nitro groups is 1. The van der Waals surface area contributed by atoms with Gasteiger partial charge in [-0.2, -0.15) is 5.10 Å². The van der Waals surface area contributed by atoms with Gasteiger partial charge in [-0.05, 0) is 34.4 Å². The van der Waals surface area contributed by atoms with Crippen molar-refractivity contribution in [1.29, 1.82) is 0 Å². The molecule has 0 heterocycles. The van der Waals surface area contributed by atoms with Gasteiger partial charge in [0.2, 0.25) is 5.54 Å². The normalized spacial score (nSPS) is 12.6. The Balaban J connectivity index is 2.01. The number of hydrogen-bond acceptors (Lipinski definition) is 5. The van der Waals surface area contributed by atoms with E-state index in [9.17, 15) is 14.9 Å². The van der Waals surface area contributed by atoms with E-state index < -0.39 is 17.5 Å². The van der Waals surface area contributed by atoms with Crippen LogP contribution in [0.5, 0.6) is 5.75 Å². The topological polar surface area (TPSA) is 120 Å². The Hall–Kier alpha value is -4.20. The van der Waals surface area contributed by atoms with E-state index in [4.69, 9.17) is 10.5 Å². The average Bonchev–Trinajstić information content (AvgIpc) is 2.84. The van der Waals surface area contributed by atoms with E-state index in [1.165, 1.54) is 0 Å². The highest BCUT2D eigenvalue weighted by Crippen LogP contribution is 2.36. The van der Waals surface area contributed by atoms with Crippen LogP contribution in [0.4, 0.5) is 4.79 Å². The number of hydrazone groups is 1. The van der Waals surface area contributed by atoms with E-state index in [0.717, 1.165) is 22.3 Å². The van der Waals surface area contributed by atoms with Crippen LogP contribution in [0, 0.1) is 10.1 Å². The molecule has 0 fully saturated rings. The molecule has 3 aromatic carbocycles. The average molecular weight is 461 g/mol. The summed E-state index contributed by atoms with van der Waals surface area (Å²) in [6, 6.07) is 23.9. The van der Waals surface area contributed by atoms with Crippen molar-refractivity contribution >= 4 is 11.7 Å². The minimum absolute atomic E-state index is 0.200. The predicted octanol–water partition coefficient (Wildman–Crippen LogP) is 4.96. The molecule has 176 valence electrons. The molecule has 0 aliphatic rings. The second kappa shape index (κ2) is 10.6. The van der Waals surface area contributed by atoms with Gasteiger partial charge in [-0.15, -0.1) is 0 Å². The van der Waals surface area contributed by atoms with Crippen LogP contribution in [-0.2, 0) is 0 Å². The molecule has 0 aliphatic heterocycles. The number of nitrogens with one attached hydrogen (secondary N) is 1. The smallest absolute Gasteiger partial charge is 0.332 e. The summed E-state index contributed by atoms with van der Waals surface area (Å²) in [6.45, 7) is 3.17. The SMILES string of the molecule is COc1ccc(C(C/C(=N\NC(N)=O)c2ccc(-c3ccccc3)cc2)C(C)(C)[N+](=O)[O-])cc1. The Morgan fingerprint density at radius 1 is 1.03 bits per heavy atom. The Kier molecular flexibility index (Phi) is 7.63. The summed E-state index contributed by atoms with van der Waals surface area (Å²) in [6.07, 6.45) is 0.200. The molecule has 1 unspecified atom stereocenters. The van der Waals surface area contributed by atoms with Crippen LogP contribution >= 0.6 is 0 Å². The van der Waals surface area contributed by atoms with Gasteiger partial charge in [-0.3, -0.25) is 10.1 Å². The fraction of sp³-hybridized carbons (Fsp3) is 0.231. The van der Waals surface area contributed by atoms with Crippen molar-refractivity contribution in [1.82, 2.24) is 5.43 Å². The monoisotopic (exact) mass is 460 g/mol. The van der Waals surface area contributed by atoms with E-state index in [1.54, 1.807) is 33.1 Å². The summed E-state index contributed by atoms with van der Waals surface area (Å²) in [5.41, 5.74) is 10.3. The highest BCUT2D eigenvalue weighted by atomic mass is 16.6. The maximum Gasteiger partial charge on any atom is 0.332 e. The molecule has 0 saturated carbocycles. The molecule has 0 saturated heterocycles. The molecule has 0 spiro atoms. The molecule has 2 amide bonds. The molecule has 0 aliphatic carbocycles. The quantitative estimate of drug-likeness (QED) is 0.266. The van der Waals surface area contributed by atoms with Crippen LogP contribution in [-0.4, -0.2) is 29.3 Å². The van der Waals surface area contributed by atoms with Crippen molar-refractivity contribution < 1.29 is 14.5 Å². The summed E-state index contributed by atoms with van der Waals surface area (Å²) in [7, 11) is 1.56. The zero-order valence-electron chi connectivity index (χ0n) is 19.4. The molecule has 3 rings (SSSR count). The molecule has 8 heteroatoms. The third-order valence-electron chi connectivity index (χ3n) is 5.87. The standard InChI is InChI=1S/C26H28N4O4/c1-26(2,30(32)33)23(20-13-15-22(34-3)16-14-20)17-24(28-29-25(27)31)21-11-9-19(10-12-21)18-7-5-4-6-8-18/h4-16,23H,17H2,1-3H3,(H3,27,29,31)/b28-24+. The van der Waals surface area contributed by atoms with E-state index >= 15 is 0 Å². The second-order valence-electron chi connectivity index (χ2n) is 8.42. The summed E-state index contributed by atoms with van der Waals surface area (Å²) in [5, 5.41) is 16.2. The lowest BCUT2D eigenvalue weighted by Gasteiger charge is -2.28. The van der Waals surface area contributed by atoms with Crippen molar-refractivity contribution in [2.75, 3.05) is 7.11 Å². The number of hydrogen-bond donors (Lipinski definition) is 2. The zero-order chi connectivity index (χ0) is 24.7. The van der Waals surface area contributed by atoms with Gasteiger partial charge in [-0.25, -0.2) is 10.2 Å². The van der Waals surface area contributed by atoms with Crippen LogP contribution < -0.4 is 15.9 Å². The number of primary amides is 1. The zero-order valence-corrected chi connectivity index (χ0v) is 19.4. The number of nitrogens with two attached hydrogens (primary N) is 1. The van der Waals surface area contributed by atoms with Gasteiger partial charge in [0.1, 0.15) is 5.75 Å². The van der Waals surface area contributed by atoms with Crippen molar-refractivity contribution in [3.8, 4) is 16.9 Å². The largest absolute Gasteiger partial charge is 0.497 e. The predicted molar refractivity (Wildman–Crippen MR) is 133 cm³/mol. The van der Waals surface area contributed by atoms with Crippen LogP contribution in [0.1, 0.15) is 37.3 Å². The Bertz CT molecular complexity index is 1160. The van der Waals surface area contributed by atoms with Gasteiger partial charge >= 0.3 is 6.03 Å². The highest BCUT2D eigenvalue weighted by Gasteiger charge is 2.42. The first-order valence-electron chi connectivity index (χ1n) is 10.8. The molecule has 0 bridgehead atoms. The van der Waals surface area contributed by atoms with Gasteiger partial charge in [0, 0.05) is 25.2 Å². The number of methoxy groups -OCH3 is 1. The summed E-state index contributed by atoms with van der Waals surface area (Å²) in [5.74, 6) is 0.109. The molecule has 0 radical (unpaired) electrons. The van der Waals surface area contributed by atoms with Gasteiger partial charge in [0.15, 0.2) is 0 Å². The lowest BCUT2D eigenvalue weighted by molar-refractivity contribution is -0.565. The first-order chi connectivity index (χ1) is 16.2. The minimum atomic E-state index is -1.31. The first-order valence-corrected chi connectivity index (χ1v) is 10.8. The van der Waals surface area contributed by atoms with Gasteiger partial charge in [0.25, 0.3) is 0 Å². The summed E-state index contributed by atoms with van der Waals surface area (Å²) < 4.78 is 5.23. The maximum absolute atomic E-state index is 12.0. The van der Waals surface area contributed by atoms with Crippen LogP contribution in [0.2, 0.25) is 0 Å². The Morgan fingerprint density at radius 2 is 1.62 bits per heavy atom. The number of nitrogens with zero attached hydrogens (tertiary/aromatic N) is 2. The van der Waals surface area contributed by atoms with E-state index in [2.05, 4.69) is 10.5 Å². The molecule has 3 aromatic rings. The Labute approximate surface area is 198 Å². The van der Waals surface area contributed by atoms with Crippen molar-refractivity contribution in [2.45, 2.75) is 31.7 Å². The summed E-state index contributed by atoms with van der Waals surface area (Å²) in [4.78, 5) is 23.1. The van der Waals surface area contributed by atoms with Gasteiger partial charge in [0.05, 0.1) is 18.7 Å². The number of carbonyl (C=O) groups is 1. The van der Waals surface area contributed by atoms with E-state index in [1.807, 2.05) is 66.7 Å². The molecule has 1 atom stereocenters. The number of benzene rings is 3. The summed E-state index contributed by atoms with van der Waals surface area (Å²) >= 11 is 0. The van der Waals surface area contributed by atoms with Crippen molar-refractivity contribution in [2.24, 2.45) is 10.8 Å². The van der Waals surface area contributed by atoms with Crippen LogP contribution in [0.3, 0.4) is 0 Å². The third kappa shape index (κ3) is 5.78. The lowest BCUT2D eigenvalue weighted by Crippen LogP contribution is -2.39. The molecule has 0 aromatic heterocycles. The van der Waals surface area contributed by atoms with E-state index in [0.29, 0.717) is 11.5 Å². The number of amides is 2. The van der Waals surface area contributed by atoms with Crippen LogP contribution in [0.25, 0.3) is 11.1 Å². The third-order valence-corrected chi connectivity index (χ3v) is 5.87. The van der Waals surface area contributed by atoms with Gasteiger partial charge < -0.3 is 10.5 Å². The van der Waals surface area contributed by atoms with Crippen molar-refractivity contribution in [3.05, 3.63) is 100 Å². The van der Waals surface area contributed by atoms with Gasteiger partial charge in [-0.1, -0.05) is 66.7 Å². The Morgan fingerprint density at radius 3 is 2.15 bits per heavy atom. The highest BCUT2D eigenvalue weighted by molar-refractivity contribution is 6.02. The molecular formula is C26H28N4O4. The number of urea groups is 1. The minimum Gasteiger partial charge on any atom is -0.497 e. The first kappa shape index (κ1) is 24.4. The molecular weight excluding hydrogens is 432 g/mol. The lowest BCUT2D eigenvalue weighted by atomic mass is 9.78. The number of ether oxygens (including phenoxy) is 1. The number of rotatable bonds is 9. The molecule has 34 heavy (non-hydrogen) atoms. The number of carbonyl (C=O) groups excluding carboxylic acids is 1. The van der Waals surface area contributed by atoms with Crippen molar-refractivity contribution in [3.63, 3.8) is 0 Å². The maximum atomic E-state index is 12.0. The fourth-order valence-electron chi connectivity index (χ4n) is 3.77. The molecule has 8 nitrogen and oxygen atoms in total.